The summed E-state index contributed by atoms with van der Waals surface area (Å²) in [4.78, 5) is 23.6. The first-order valence-electron chi connectivity index (χ1n) is 5.92. The van der Waals surface area contributed by atoms with E-state index in [1.807, 2.05) is 0 Å². The maximum atomic E-state index is 14.0. The summed E-state index contributed by atoms with van der Waals surface area (Å²) >= 11 is 6.87. The molecule has 0 saturated carbocycles. The van der Waals surface area contributed by atoms with Gasteiger partial charge in [0.25, 0.3) is 0 Å². The van der Waals surface area contributed by atoms with Crippen LogP contribution in [0, 0.1) is 11.6 Å². The zero-order valence-electron chi connectivity index (χ0n) is 10.6. The van der Waals surface area contributed by atoms with Crippen LogP contribution in [0.4, 0.5) is 8.78 Å². The largest absolute Gasteiger partial charge is 0.477 e. The van der Waals surface area contributed by atoms with Crippen LogP contribution in [-0.2, 0) is 0 Å². The summed E-state index contributed by atoms with van der Waals surface area (Å²) in [7, 11) is 0. The van der Waals surface area contributed by atoms with Gasteiger partial charge in [0, 0.05) is 12.3 Å². The number of fused-ring (bicyclic) bond motifs is 1. The number of halogens is 3. The highest BCUT2D eigenvalue weighted by molar-refractivity contribution is 7.22. The van der Waals surface area contributed by atoms with Gasteiger partial charge in [-0.3, -0.25) is 4.79 Å². The van der Waals surface area contributed by atoms with E-state index < -0.39 is 28.6 Å². The number of carboxylic acids is 1. The lowest BCUT2D eigenvalue weighted by atomic mass is 10.2. The molecule has 112 valence electrons. The molecule has 3 aromatic rings. The lowest BCUT2D eigenvalue weighted by Gasteiger charge is -2.10. The molecule has 2 aromatic heterocycles. The molecule has 0 aliphatic rings. The fourth-order valence-corrected chi connectivity index (χ4v) is 3.29. The van der Waals surface area contributed by atoms with Gasteiger partial charge in [0.15, 0.2) is 0 Å². The fraction of sp³-hybridized carbons (Fsp3) is 0. The van der Waals surface area contributed by atoms with Crippen molar-refractivity contribution >= 4 is 39.1 Å². The van der Waals surface area contributed by atoms with Gasteiger partial charge >= 0.3 is 5.97 Å². The zero-order valence-corrected chi connectivity index (χ0v) is 12.2. The topological polar surface area (TPSA) is 59.3 Å². The Kier molecular flexibility index (Phi) is 3.46. The summed E-state index contributed by atoms with van der Waals surface area (Å²) in [5.41, 5.74) is -1.30. The molecule has 1 aromatic carbocycles. The Morgan fingerprint density at radius 1 is 1.27 bits per heavy atom. The average Bonchev–Trinajstić information content (AvgIpc) is 2.82. The Labute approximate surface area is 130 Å². The van der Waals surface area contributed by atoms with Gasteiger partial charge in [-0.25, -0.2) is 13.6 Å². The predicted molar refractivity (Wildman–Crippen MR) is 79.3 cm³/mol. The highest BCUT2D eigenvalue weighted by Crippen LogP contribution is 2.30. The Bertz CT molecular complexity index is 980. The van der Waals surface area contributed by atoms with Crippen molar-refractivity contribution in [3.05, 3.63) is 62.2 Å². The number of carbonyl (C=O) groups is 1. The van der Waals surface area contributed by atoms with Crippen molar-refractivity contribution < 1.29 is 18.7 Å². The van der Waals surface area contributed by atoms with E-state index in [9.17, 15) is 18.4 Å². The summed E-state index contributed by atoms with van der Waals surface area (Å²) in [5.74, 6) is -3.09. The van der Waals surface area contributed by atoms with Gasteiger partial charge in [-0.05, 0) is 18.2 Å². The molecular weight excluding hydrogens is 336 g/mol. The van der Waals surface area contributed by atoms with Crippen LogP contribution in [0.5, 0.6) is 0 Å². The number of nitrogens with zero attached hydrogens (tertiary/aromatic N) is 1. The van der Waals surface area contributed by atoms with Crippen LogP contribution in [0.25, 0.3) is 15.9 Å². The minimum absolute atomic E-state index is 0.0682. The molecule has 0 amide bonds. The molecule has 0 aliphatic heterocycles. The molecule has 0 fully saturated rings. The van der Waals surface area contributed by atoms with Crippen molar-refractivity contribution in [1.29, 1.82) is 0 Å². The number of hydrogen-bond donors (Lipinski definition) is 1. The van der Waals surface area contributed by atoms with E-state index in [1.54, 1.807) is 0 Å². The summed E-state index contributed by atoms with van der Waals surface area (Å²) in [5, 5.41) is 9.19. The first kappa shape index (κ1) is 14.7. The highest BCUT2D eigenvalue weighted by Gasteiger charge is 2.19. The van der Waals surface area contributed by atoms with E-state index in [4.69, 9.17) is 16.7 Å². The van der Waals surface area contributed by atoms with E-state index in [-0.39, 0.29) is 20.2 Å². The average molecular weight is 342 g/mol. The number of benzene rings is 1. The second-order valence-electron chi connectivity index (χ2n) is 4.41. The number of pyridine rings is 1. The number of hydrogen-bond acceptors (Lipinski definition) is 3. The van der Waals surface area contributed by atoms with E-state index in [2.05, 4.69) is 0 Å². The van der Waals surface area contributed by atoms with E-state index in [0.29, 0.717) is 6.07 Å². The highest BCUT2D eigenvalue weighted by atomic mass is 35.5. The lowest BCUT2D eigenvalue weighted by Crippen LogP contribution is -2.17. The maximum Gasteiger partial charge on any atom is 0.341 e. The molecule has 8 heteroatoms. The van der Waals surface area contributed by atoms with E-state index >= 15 is 0 Å². The fourth-order valence-electron chi connectivity index (χ4n) is 2.09. The van der Waals surface area contributed by atoms with E-state index in [1.165, 1.54) is 10.6 Å². The van der Waals surface area contributed by atoms with Crippen LogP contribution in [-0.4, -0.2) is 15.6 Å². The van der Waals surface area contributed by atoms with Crippen LogP contribution in [0.3, 0.4) is 0 Å². The van der Waals surface area contributed by atoms with Gasteiger partial charge in [0.1, 0.15) is 22.0 Å². The van der Waals surface area contributed by atoms with Gasteiger partial charge in [-0.1, -0.05) is 11.6 Å². The first-order valence-corrected chi connectivity index (χ1v) is 7.11. The molecule has 3 rings (SSSR count). The standard InChI is InChI=1S/C14H6ClF2NO3S/c15-11-4-7-12(19)8(14(20)21)5-18(13(7)22-11)10-2-1-6(16)3-9(10)17/h1-5H,(H,20,21). The quantitative estimate of drug-likeness (QED) is 0.773. The third-order valence-corrected chi connectivity index (χ3v) is 4.31. The van der Waals surface area contributed by atoms with Crippen molar-refractivity contribution in [1.82, 2.24) is 4.57 Å². The third-order valence-electron chi connectivity index (χ3n) is 3.05. The van der Waals surface area contributed by atoms with Crippen molar-refractivity contribution in [3.63, 3.8) is 0 Å². The van der Waals surface area contributed by atoms with Gasteiger partial charge in [0.05, 0.1) is 15.4 Å². The van der Waals surface area contributed by atoms with Crippen molar-refractivity contribution in [2.45, 2.75) is 0 Å². The minimum Gasteiger partial charge on any atom is -0.477 e. The summed E-state index contributed by atoms with van der Waals surface area (Å²) < 4.78 is 28.5. The monoisotopic (exact) mass is 341 g/mol. The number of thiophene rings is 1. The van der Waals surface area contributed by atoms with Crippen molar-refractivity contribution in [2.24, 2.45) is 0 Å². The van der Waals surface area contributed by atoms with Gasteiger partial charge in [-0.2, -0.15) is 0 Å². The Balaban J connectivity index is 2.45. The molecule has 22 heavy (non-hydrogen) atoms. The predicted octanol–water partition coefficient (Wildman–Crippen LogP) is 3.68. The Morgan fingerprint density at radius 3 is 2.64 bits per heavy atom. The van der Waals surface area contributed by atoms with Crippen molar-refractivity contribution in [2.75, 3.05) is 0 Å². The summed E-state index contributed by atoms with van der Waals surface area (Å²) in [6.45, 7) is 0. The molecule has 1 N–H and O–H groups in total. The van der Waals surface area contributed by atoms with Gasteiger partial charge < -0.3 is 9.67 Å². The van der Waals surface area contributed by atoms with Crippen LogP contribution < -0.4 is 5.43 Å². The smallest absolute Gasteiger partial charge is 0.341 e. The zero-order chi connectivity index (χ0) is 16.0. The van der Waals surface area contributed by atoms with Gasteiger partial charge in [0.2, 0.25) is 5.43 Å². The summed E-state index contributed by atoms with van der Waals surface area (Å²) in [6, 6.07) is 4.20. The maximum absolute atomic E-state index is 14.0. The molecule has 0 aliphatic carbocycles. The van der Waals surface area contributed by atoms with Crippen LogP contribution >= 0.6 is 22.9 Å². The number of rotatable bonds is 2. The molecule has 0 spiro atoms. The van der Waals surface area contributed by atoms with Crippen LogP contribution in [0.2, 0.25) is 4.34 Å². The molecule has 0 radical (unpaired) electrons. The molecule has 0 atom stereocenters. The van der Waals surface area contributed by atoms with Crippen molar-refractivity contribution in [3.8, 4) is 5.69 Å². The molecule has 4 nitrogen and oxygen atoms in total. The summed E-state index contributed by atoms with van der Waals surface area (Å²) in [6.07, 6.45) is 1.01. The normalized spacial score (nSPS) is 11.0. The second-order valence-corrected chi connectivity index (χ2v) is 6.07. The molecule has 0 saturated heterocycles. The molecular formula is C14H6ClF2NO3S. The van der Waals surface area contributed by atoms with Gasteiger partial charge in [-0.15, -0.1) is 11.3 Å². The SMILES string of the molecule is O=C(O)c1cn(-c2ccc(F)cc2F)c2sc(Cl)cc2c1=O. The molecule has 0 unspecified atom stereocenters. The number of aromatic nitrogens is 1. The van der Waals surface area contributed by atoms with Crippen LogP contribution in [0.15, 0.2) is 35.3 Å². The minimum atomic E-state index is -1.44. The van der Waals surface area contributed by atoms with Crippen LogP contribution in [0.1, 0.15) is 10.4 Å². The Hall–Kier alpha value is -2.25. The number of aromatic carboxylic acids is 1. The lowest BCUT2D eigenvalue weighted by molar-refractivity contribution is 0.0695. The molecule has 0 bridgehead atoms. The number of carboxylic acid groups (broad SMARTS) is 1. The first-order chi connectivity index (χ1) is 10.4. The second kappa shape index (κ2) is 5.19. The third kappa shape index (κ3) is 2.28. The Morgan fingerprint density at radius 2 is 2.00 bits per heavy atom. The van der Waals surface area contributed by atoms with E-state index in [0.717, 1.165) is 29.7 Å². The molecule has 2 heterocycles.